The van der Waals surface area contributed by atoms with Gasteiger partial charge in [-0.15, -0.1) is 0 Å². The third-order valence-corrected chi connectivity index (χ3v) is 4.59. The van der Waals surface area contributed by atoms with Gasteiger partial charge in [-0.05, 0) is 29.3 Å². The largest absolute Gasteiger partial charge is 0.486 e. The summed E-state index contributed by atoms with van der Waals surface area (Å²) < 4.78 is 11.1. The van der Waals surface area contributed by atoms with Crippen LogP contribution in [0.4, 0.5) is 5.82 Å². The number of carbonyl (C=O) groups excluding carboxylic acids is 2. The van der Waals surface area contributed by atoms with Gasteiger partial charge < -0.3 is 26.3 Å². The standard InChI is InChI=1S/C21H20N6O4/c22-19-18(20(23)28)27-15(11-25-19)6-13-5-14(10-24-8-13)21(29)26-9-12-1-2-16-17(7-12)31-4-3-30-16/h1-2,5,7-8,10-11H,3-4,6,9H2,(H2,22,25)(H2,23,28)(H,26,29). The van der Waals surface area contributed by atoms with Crippen LogP contribution >= 0.6 is 0 Å². The maximum absolute atomic E-state index is 12.6. The van der Waals surface area contributed by atoms with E-state index in [1.807, 2.05) is 18.2 Å². The summed E-state index contributed by atoms with van der Waals surface area (Å²) in [7, 11) is 0. The second-order valence-electron chi connectivity index (χ2n) is 6.88. The van der Waals surface area contributed by atoms with E-state index in [0.29, 0.717) is 48.9 Å². The summed E-state index contributed by atoms with van der Waals surface area (Å²) in [5.41, 5.74) is 13.3. The zero-order chi connectivity index (χ0) is 21.8. The van der Waals surface area contributed by atoms with Crippen LogP contribution in [-0.4, -0.2) is 40.0 Å². The Morgan fingerprint density at radius 1 is 1.03 bits per heavy atom. The number of primary amides is 1. The second kappa shape index (κ2) is 8.66. The van der Waals surface area contributed by atoms with Gasteiger partial charge in [-0.2, -0.15) is 0 Å². The molecular weight excluding hydrogens is 400 g/mol. The lowest BCUT2D eigenvalue weighted by molar-refractivity contribution is 0.0949. The molecule has 0 atom stereocenters. The number of amides is 2. The fourth-order valence-electron chi connectivity index (χ4n) is 3.10. The molecule has 0 aliphatic carbocycles. The zero-order valence-electron chi connectivity index (χ0n) is 16.5. The molecule has 10 nitrogen and oxygen atoms in total. The molecule has 1 aromatic carbocycles. The molecule has 0 saturated heterocycles. The fraction of sp³-hybridized carbons (Fsp3) is 0.190. The Bertz CT molecular complexity index is 1150. The molecule has 31 heavy (non-hydrogen) atoms. The van der Waals surface area contributed by atoms with Crippen LogP contribution in [0.15, 0.2) is 42.9 Å². The molecule has 2 aromatic heterocycles. The molecule has 1 aliphatic rings. The van der Waals surface area contributed by atoms with E-state index in [1.165, 1.54) is 12.4 Å². The molecule has 1 aliphatic heterocycles. The molecule has 4 rings (SSSR count). The predicted octanol–water partition coefficient (Wildman–Crippen LogP) is 0.845. The quantitative estimate of drug-likeness (QED) is 0.530. The summed E-state index contributed by atoms with van der Waals surface area (Å²) in [6.45, 7) is 1.35. The Balaban J connectivity index is 1.42. The summed E-state index contributed by atoms with van der Waals surface area (Å²) >= 11 is 0. The first-order valence-electron chi connectivity index (χ1n) is 9.51. The molecule has 0 radical (unpaired) electrons. The average Bonchev–Trinajstić information content (AvgIpc) is 2.78. The number of rotatable bonds is 6. The SMILES string of the molecule is NC(=O)c1nc(Cc2cncc(C(=O)NCc3ccc4c(c3)OCCO4)c2)cnc1N. The van der Waals surface area contributed by atoms with Crippen LogP contribution in [0, 0.1) is 0 Å². The van der Waals surface area contributed by atoms with Crippen molar-refractivity contribution in [3.63, 3.8) is 0 Å². The Kier molecular flexibility index (Phi) is 5.61. The zero-order valence-corrected chi connectivity index (χ0v) is 16.5. The first kappa shape index (κ1) is 20.1. The molecule has 158 valence electrons. The van der Waals surface area contributed by atoms with Gasteiger partial charge in [0.2, 0.25) is 0 Å². The number of nitrogen functional groups attached to an aromatic ring is 1. The van der Waals surface area contributed by atoms with Gasteiger partial charge in [0.05, 0.1) is 17.5 Å². The summed E-state index contributed by atoms with van der Waals surface area (Å²) in [6.07, 6.45) is 4.85. The number of pyridine rings is 1. The van der Waals surface area contributed by atoms with Crippen LogP contribution in [0.1, 0.15) is 37.7 Å². The van der Waals surface area contributed by atoms with Crippen molar-refractivity contribution in [3.8, 4) is 11.5 Å². The Labute approximate surface area is 177 Å². The fourth-order valence-corrected chi connectivity index (χ4v) is 3.10. The molecule has 0 spiro atoms. The number of anilines is 1. The van der Waals surface area contributed by atoms with Gasteiger partial charge in [-0.1, -0.05) is 6.07 Å². The number of aromatic nitrogens is 3. The van der Waals surface area contributed by atoms with Crippen molar-refractivity contribution in [3.05, 3.63) is 70.9 Å². The number of nitrogens with one attached hydrogen (secondary N) is 1. The molecule has 2 amide bonds. The number of nitrogens with two attached hydrogens (primary N) is 2. The highest BCUT2D eigenvalue weighted by Crippen LogP contribution is 2.30. The average molecular weight is 420 g/mol. The second-order valence-corrected chi connectivity index (χ2v) is 6.88. The van der Waals surface area contributed by atoms with E-state index in [2.05, 4.69) is 20.3 Å². The monoisotopic (exact) mass is 420 g/mol. The van der Waals surface area contributed by atoms with Crippen LogP contribution in [0.25, 0.3) is 0 Å². The minimum atomic E-state index is -0.753. The van der Waals surface area contributed by atoms with E-state index in [1.54, 1.807) is 12.3 Å². The minimum Gasteiger partial charge on any atom is -0.486 e. The van der Waals surface area contributed by atoms with Gasteiger partial charge in [0.15, 0.2) is 23.0 Å². The molecule has 0 unspecified atom stereocenters. The topological polar surface area (TPSA) is 155 Å². The number of ether oxygens (including phenoxy) is 2. The van der Waals surface area contributed by atoms with E-state index < -0.39 is 5.91 Å². The molecular formula is C21H20N6O4. The number of benzene rings is 1. The van der Waals surface area contributed by atoms with Crippen molar-refractivity contribution >= 4 is 17.6 Å². The number of nitrogens with zero attached hydrogens (tertiary/aromatic N) is 3. The highest BCUT2D eigenvalue weighted by Gasteiger charge is 2.14. The van der Waals surface area contributed by atoms with Gasteiger partial charge in [-0.3, -0.25) is 14.6 Å². The molecule has 0 bridgehead atoms. The van der Waals surface area contributed by atoms with E-state index in [9.17, 15) is 9.59 Å². The Morgan fingerprint density at radius 3 is 2.65 bits per heavy atom. The molecule has 10 heteroatoms. The first-order valence-corrected chi connectivity index (χ1v) is 9.51. The smallest absolute Gasteiger partial charge is 0.271 e. The summed E-state index contributed by atoms with van der Waals surface area (Å²) in [5, 5.41) is 2.86. The predicted molar refractivity (Wildman–Crippen MR) is 111 cm³/mol. The lowest BCUT2D eigenvalue weighted by atomic mass is 10.1. The van der Waals surface area contributed by atoms with Crippen LogP contribution in [0.5, 0.6) is 11.5 Å². The van der Waals surface area contributed by atoms with Crippen LogP contribution < -0.4 is 26.3 Å². The van der Waals surface area contributed by atoms with Gasteiger partial charge in [-0.25, -0.2) is 9.97 Å². The van der Waals surface area contributed by atoms with Crippen LogP contribution in [0.2, 0.25) is 0 Å². The molecule has 3 heterocycles. The Morgan fingerprint density at radius 2 is 1.84 bits per heavy atom. The van der Waals surface area contributed by atoms with Crippen molar-refractivity contribution in [2.45, 2.75) is 13.0 Å². The normalized spacial score (nSPS) is 12.3. The number of hydrogen-bond acceptors (Lipinski definition) is 8. The van der Waals surface area contributed by atoms with E-state index in [0.717, 1.165) is 11.1 Å². The summed E-state index contributed by atoms with van der Waals surface area (Å²) in [5.74, 6) is 0.314. The molecule has 3 aromatic rings. The van der Waals surface area contributed by atoms with Crippen LogP contribution in [-0.2, 0) is 13.0 Å². The Hall–Kier alpha value is -4.21. The maximum Gasteiger partial charge on any atom is 0.271 e. The molecule has 0 saturated carbocycles. The van der Waals surface area contributed by atoms with Crippen molar-refractivity contribution in [1.29, 1.82) is 0 Å². The lowest BCUT2D eigenvalue weighted by Gasteiger charge is -2.19. The number of carbonyl (C=O) groups is 2. The minimum absolute atomic E-state index is 0.0263. The van der Waals surface area contributed by atoms with Crippen molar-refractivity contribution in [2.24, 2.45) is 5.73 Å². The van der Waals surface area contributed by atoms with Crippen molar-refractivity contribution in [1.82, 2.24) is 20.3 Å². The molecule has 5 N–H and O–H groups in total. The van der Waals surface area contributed by atoms with E-state index >= 15 is 0 Å². The highest BCUT2D eigenvalue weighted by atomic mass is 16.6. The van der Waals surface area contributed by atoms with Crippen molar-refractivity contribution < 1.29 is 19.1 Å². The van der Waals surface area contributed by atoms with Gasteiger partial charge >= 0.3 is 0 Å². The lowest BCUT2D eigenvalue weighted by Crippen LogP contribution is -2.23. The first-order chi connectivity index (χ1) is 15.0. The third-order valence-electron chi connectivity index (χ3n) is 4.59. The summed E-state index contributed by atoms with van der Waals surface area (Å²) in [6, 6.07) is 7.25. The van der Waals surface area contributed by atoms with E-state index in [-0.39, 0.29) is 17.4 Å². The molecule has 0 fully saturated rings. The van der Waals surface area contributed by atoms with Gasteiger partial charge in [0, 0.05) is 25.4 Å². The van der Waals surface area contributed by atoms with Crippen LogP contribution in [0.3, 0.4) is 0 Å². The highest BCUT2D eigenvalue weighted by molar-refractivity contribution is 5.95. The van der Waals surface area contributed by atoms with Gasteiger partial charge in [0.1, 0.15) is 13.2 Å². The number of fused-ring (bicyclic) bond motifs is 1. The third kappa shape index (κ3) is 4.69. The summed E-state index contributed by atoms with van der Waals surface area (Å²) in [4.78, 5) is 36.2. The van der Waals surface area contributed by atoms with E-state index in [4.69, 9.17) is 20.9 Å². The maximum atomic E-state index is 12.6. The van der Waals surface area contributed by atoms with Crippen molar-refractivity contribution in [2.75, 3.05) is 18.9 Å². The van der Waals surface area contributed by atoms with Gasteiger partial charge in [0.25, 0.3) is 11.8 Å². The number of hydrogen-bond donors (Lipinski definition) is 3.